The van der Waals surface area contributed by atoms with Gasteiger partial charge in [-0.2, -0.15) is 9.97 Å². The molecule has 0 unspecified atom stereocenters. The molecule has 0 spiro atoms. The molecule has 0 radical (unpaired) electrons. The SMILES string of the molecule is CN1CCN(c2cc(/N=C3\CCNN3)nc(Oc3ccccc3)n2)CC1. The van der Waals surface area contributed by atoms with Gasteiger partial charge in [-0.25, -0.2) is 10.4 Å². The summed E-state index contributed by atoms with van der Waals surface area (Å²) in [5.74, 6) is 3.04. The third kappa shape index (κ3) is 4.09. The normalized spacial score (nSPS) is 19.6. The molecule has 2 N–H and O–H groups in total. The fourth-order valence-electron chi connectivity index (χ4n) is 2.93. The standard InChI is InChI=1S/C18H23N7O/c1-24-9-11-25(12-10-24)17-13-16(20-15-7-8-19-23-15)21-18(22-17)26-14-5-3-2-4-6-14/h2-6,13,19H,7-12H2,1H3,(H,20,21,22,23). The predicted molar refractivity (Wildman–Crippen MR) is 101 cm³/mol. The zero-order valence-electron chi connectivity index (χ0n) is 14.9. The summed E-state index contributed by atoms with van der Waals surface area (Å²) in [5, 5.41) is 0. The number of anilines is 1. The van der Waals surface area contributed by atoms with Crippen molar-refractivity contribution in [2.45, 2.75) is 6.42 Å². The number of para-hydroxylation sites is 1. The summed E-state index contributed by atoms with van der Waals surface area (Å²) >= 11 is 0. The van der Waals surface area contributed by atoms with Gasteiger partial charge in [0, 0.05) is 45.2 Å². The van der Waals surface area contributed by atoms with Gasteiger partial charge in [-0.05, 0) is 19.2 Å². The van der Waals surface area contributed by atoms with E-state index in [1.165, 1.54) is 0 Å². The van der Waals surface area contributed by atoms with Gasteiger partial charge in [0.2, 0.25) is 0 Å². The van der Waals surface area contributed by atoms with E-state index >= 15 is 0 Å². The number of benzene rings is 1. The molecule has 0 bridgehead atoms. The summed E-state index contributed by atoms with van der Waals surface area (Å²) in [6.45, 7) is 4.73. The lowest BCUT2D eigenvalue weighted by atomic mass is 10.3. The van der Waals surface area contributed by atoms with Crippen molar-refractivity contribution < 1.29 is 4.74 Å². The van der Waals surface area contributed by atoms with Gasteiger partial charge in [0.05, 0.1) is 0 Å². The highest BCUT2D eigenvalue weighted by Gasteiger charge is 2.18. The third-order valence-electron chi connectivity index (χ3n) is 4.43. The van der Waals surface area contributed by atoms with Crippen LogP contribution < -0.4 is 20.5 Å². The summed E-state index contributed by atoms with van der Waals surface area (Å²) < 4.78 is 5.87. The van der Waals surface area contributed by atoms with E-state index in [0.717, 1.165) is 50.8 Å². The van der Waals surface area contributed by atoms with Crippen molar-refractivity contribution in [2.75, 3.05) is 44.7 Å². The molecule has 1 aromatic heterocycles. The number of rotatable bonds is 4. The summed E-state index contributed by atoms with van der Waals surface area (Å²) in [4.78, 5) is 18.3. The highest BCUT2D eigenvalue weighted by atomic mass is 16.5. The molecule has 136 valence electrons. The van der Waals surface area contributed by atoms with Gasteiger partial charge in [-0.1, -0.05) is 18.2 Å². The smallest absolute Gasteiger partial charge is 0.326 e. The first-order valence-corrected chi connectivity index (χ1v) is 8.88. The summed E-state index contributed by atoms with van der Waals surface area (Å²) in [7, 11) is 2.14. The van der Waals surface area contributed by atoms with Gasteiger partial charge >= 0.3 is 6.01 Å². The largest absolute Gasteiger partial charge is 0.424 e. The number of hydrazine groups is 1. The van der Waals surface area contributed by atoms with Crippen LogP contribution in [0.15, 0.2) is 41.4 Å². The number of likely N-dealkylation sites (N-methyl/N-ethyl adjacent to an activating group) is 1. The summed E-state index contributed by atoms with van der Waals surface area (Å²) in [6.07, 6.45) is 0.850. The molecule has 0 amide bonds. The number of hydrogen-bond donors (Lipinski definition) is 2. The van der Waals surface area contributed by atoms with Gasteiger partial charge in [-0.15, -0.1) is 0 Å². The molecule has 8 heteroatoms. The highest BCUT2D eigenvalue weighted by molar-refractivity contribution is 5.85. The number of piperazine rings is 1. The van der Waals surface area contributed by atoms with Crippen LogP contribution in [0.4, 0.5) is 11.6 Å². The maximum Gasteiger partial charge on any atom is 0.326 e. The van der Waals surface area contributed by atoms with Crippen molar-refractivity contribution in [3.63, 3.8) is 0 Å². The van der Waals surface area contributed by atoms with Crippen molar-refractivity contribution in [3.8, 4) is 11.8 Å². The van der Waals surface area contributed by atoms with Crippen molar-refractivity contribution in [2.24, 2.45) is 4.99 Å². The molecular formula is C18H23N7O. The molecule has 0 saturated carbocycles. The Bertz CT molecular complexity index is 764. The van der Waals surface area contributed by atoms with Crippen LogP contribution in [0.25, 0.3) is 0 Å². The third-order valence-corrected chi connectivity index (χ3v) is 4.43. The summed E-state index contributed by atoms with van der Waals surface area (Å²) in [6, 6.07) is 11.8. The van der Waals surface area contributed by atoms with E-state index in [0.29, 0.717) is 17.6 Å². The monoisotopic (exact) mass is 353 g/mol. The minimum absolute atomic E-state index is 0.318. The van der Waals surface area contributed by atoms with Crippen molar-refractivity contribution >= 4 is 17.5 Å². The second-order valence-corrected chi connectivity index (χ2v) is 6.43. The van der Waals surface area contributed by atoms with Crippen molar-refractivity contribution in [1.29, 1.82) is 0 Å². The molecule has 2 fully saturated rings. The van der Waals surface area contributed by atoms with E-state index in [-0.39, 0.29) is 0 Å². The fourth-order valence-corrected chi connectivity index (χ4v) is 2.93. The second-order valence-electron chi connectivity index (χ2n) is 6.43. The minimum atomic E-state index is 0.318. The number of nitrogens with zero attached hydrogens (tertiary/aromatic N) is 5. The van der Waals surface area contributed by atoms with Crippen molar-refractivity contribution in [1.82, 2.24) is 25.7 Å². The fraction of sp³-hybridized carbons (Fsp3) is 0.389. The van der Waals surface area contributed by atoms with E-state index in [4.69, 9.17) is 4.74 Å². The Morgan fingerprint density at radius 3 is 2.62 bits per heavy atom. The highest BCUT2D eigenvalue weighted by Crippen LogP contribution is 2.25. The molecule has 0 aliphatic carbocycles. The van der Waals surface area contributed by atoms with Crippen LogP contribution in [0.3, 0.4) is 0 Å². The Hall–Kier alpha value is -2.71. The van der Waals surface area contributed by atoms with Gasteiger partial charge < -0.3 is 20.0 Å². The molecule has 2 aromatic rings. The Balaban J connectivity index is 1.63. The topological polar surface area (TPSA) is 77.9 Å². The van der Waals surface area contributed by atoms with Gasteiger partial charge in [0.25, 0.3) is 0 Å². The first-order valence-electron chi connectivity index (χ1n) is 8.88. The Kier molecular flexibility index (Phi) is 4.94. The molecule has 8 nitrogen and oxygen atoms in total. The number of amidine groups is 1. The molecule has 0 atom stereocenters. The molecule has 3 heterocycles. The predicted octanol–water partition coefficient (Wildman–Crippen LogP) is 1.55. The molecule has 1 aromatic carbocycles. The number of nitrogens with one attached hydrogen (secondary N) is 2. The molecule has 2 aliphatic rings. The van der Waals surface area contributed by atoms with Crippen LogP contribution in [0.1, 0.15) is 6.42 Å². The second kappa shape index (κ2) is 7.67. The maximum absolute atomic E-state index is 5.87. The Morgan fingerprint density at radius 2 is 1.88 bits per heavy atom. The first kappa shape index (κ1) is 16.7. The lowest BCUT2D eigenvalue weighted by Crippen LogP contribution is -2.44. The number of aliphatic imine (C=N–C) groups is 1. The van der Waals surface area contributed by atoms with E-state index in [1.54, 1.807) is 0 Å². The van der Waals surface area contributed by atoms with Gasteiger partial charge in [0.1, 0.15) is 17.4 Å². The molecule has 2 saturated heterocycles. The van der Waals surface area contributed by atoms with Crippen LogP contribution in [0.5, 0.6) is 11.8 Å². The van der Waals surface area contributed by atoms with Crippen molar-refractivity contribution in [3.05, 3.63) is 36.4 Å². The maximum atomic E-state index is 5.87. The Labute approximate surface area is 152 Å². The summed E-state index contributed by atoms with van der Waals surface area (Å²) in [5.41, 5.74) is 6.12. The van der Waals surface area contributed by atoms with Crippen LogP contribution in [0, 0.1) is 0 Å². The van der Waals surface area contributed by atoms with E-state index < -0.39 is 0 Å². The lowest BCUT2D eigenvalue weighted by molar-refractivity contribution is 0.311. The average molecular weight is 353 g/mol. The zero-order valence-corrected chi connectivity index (χ0v) is 14.9. The van der Waals surface area contributed by atoms with E-state index in [9.17, 15) is 0 Å². The zero-order chi connectivity index (χ0) is 17.8. The number of ether oxygens (including phenoxy) is 1. The average Bonchev–Trinajstić information content (AvgIpc) is 3.16. The first-order chi connectivity index (χ1) is 12.8. The Morgan fingerprint density at radius 1 is 1.08 bits per heavy atom. The molecule has 4 rings (SSSR count). The lowest BCUT2D eigenvalue weighted by Gasteiger charge is -2.33. The molecular weight excluding hydrogens is 330 g/mol. The number of aromatic nitrogens is 2. The van der Waals surface area contributed by atoms with Crippen LogP contribution in [-0.4, -0.2) is 60.5 Å². The van der Waals surface area contributed by atoms with Crippen LogP contribution in [-0.2, 0) is 0 Å². The minimum Gasteiger partial charge on any atom is -0.424 e. The molecule has 26 heavy (non-hydrogen) atoms. The quantitative estimate of drug-likeness (QED) is 0.863. The van der Waals surface area contributed by atoms with Crippen LogP contribution >= 0.6 is 0 Å². The number of hydrogen-bond acceptors (Lipinski definition) is 7. The van der Waals surface area contributed by atoms with E-state index in [2.05, 4.69) is 42.7 Å². The van der Waals surface area contributed by atoms with Crippen LogP contribution in [0.2, 0.25) is 0 Å². The van der Waals surface area contributed by atoms with Gasteiger partial charge in [-0.3, -0.25) is 0 Å². The molecule has 2 aliphatic heterocycles. The van der Waals surface area contributed by atoms with E-state index in [1.807, 2.05) is 36.4 Å². The van der Waals surface area contributed by atoms with Gasteiger partial charge in [0.15, 0.2) is 5.82 Å².